The highest BCUT2D eigenvalue weighted by atomic mass is 35.5. The third kappa shape index (κ3) is 3.73. The molecule has 0 aliphatic rings. The summed E-state index contributed by atoms with van der Waals surface area (Å²) >= 11 is 12.6. The average molecular weight is 350 g/mol. The first-order chi connectivity index (χ1) is 9.38. The Morgan fingerprint density at radius 2 is 1.80 bits per heavy atom. The topological polar surface area (TPSA) is 63.2 Å². The Balaban J connectivity index is 2.08. The van der Waals surface area contributed by atoms with Crippen LogP contribution >= 0.6 is 34.5 Å². The van der Waals surface area contributed by atoms with Gasteiger partial charge in [0.05, 0.1) is 6.42 Å². The molecule has 1 amide bonds. The summed E-state index contributed by atoms with van der Waals surface area (Å²) in [5.74, 6) is -0.630. The van der Waals surface area contributed by atoms with Gasteiger partial charge in [0.2, 0.25) is 5.91 Å². The van der Waals surface area contributed by atoms with Crippen LogP contribution in [0.2, 0.25) is 9.36 Å². The Labute approximate surface area is 130 Å². The second kappa shape index (κ2) is 6.13. The maximum absolute atomic E-state index is 11.9. The molecule has 0 aliphatic carbocycles. The molecule has 1 N–H and O–H groups in total. The van der Waals surface area contributed by atoms with Crippen LogP contribution in [0.25, 0.3) is 0 Å². The van der Waals surface area contributed by atoms with Crippen molar-refractivity contribution in [2.45, 2.75) is 11.3 Å². The van der Waals surface area contributed by atoms with Crippen LogP contribution in [0.3, 0.4) is 0 Å². The zero-order valence-electron chi connectivity index (χ0n) is 9.97. The van der Waals surface area contributed by atoms with E-state index in [0.717, 1.165) is 11.3 Å². The molecule has 0 bridgehead atoms. The van der Waals surface area contributed by atoms with Gasteiger partial charge in [-0.1, -0.05) is 35.3 Å². The predicted octanol–water partition coefficient (Wildman–Crippen LogP) is 3.10. The quantitative estimate of drug-likeness (QED) is 0.922. The summed E-state index contributed by atoms with van der Waals surface area (Å²) in [7, 11) is -3.92. The second-order valence-corrected chi connectivity index (χ2v) is 7.50. The number of carbonyl (C=O) groups excluding carboxylic acids is 1. The Hall–Kier alpha value is -1.08. The molecule has 1 heterocycles. The maximum atomic E-state index is 11.9. The van der Waals surface area contributed by atoms with E-state index in [9.17, 15) is 13.2 Å². The number of thiophene rings is 1. The molecule has 0 saturated heterocycles. The fourth-order valence-corrected chi connectivity index (χ4v) is 4.16. The molecular formula is C12H9Cl2NO3S2. The number of hydrogen-bond donors (Lipinski definition) is 1. The molecule has 0 atom stereocenters. The summed E-state index contributed by atoms with van der Waals surface area (Å²) in [4.78, 5) is 11.7. The summed E-state index contributed by atoms with van der Waals surface area (Å²) in [5, 5.41) is 2.09. The van der Waals surface area contributed by atoms with Crippen LogP contribution in [0.1, 0.15) is 5.56 Å². The van der Waals surface area contributed by atoms with E-state index in [0.29, 0.717) is 10.6 Å². The number of amides is 1. The van der Waals surface area contributed by atoms with Crippen molar-refractivity contribution in [3.05, 3.63) is 50.6 Å². The Morgan fingerprint density at radius 3 is 2.35 bits per heavy atom. The number of benzene rings is 1. The van der Waals surface area contributed by atoms with Crippen LogP contribution in [0, 0.1) is 0 Å². The second-order valence-electron chi connectivity index (χ2n) is 3.89. The number of carbonyl (C=O) groups is 1. The number of hydrogen-bond acceptors (Lipinski definition) is 4. The smallest absolute Gasteiger partial charge is 0.266 e. The van der Waals surface area contributed by atoms with Gasteiger partial charge in [0, 0.05) is 5.02 Å². The van der Waals surface area contributed by atoms with E-state index >= 15 is 0 Å². The van der Waals surface area contributed by atoms with Gasteiger partial charge in [-0.3, -0.25) is 4.79 Å². The summed E-state index contributed by atoms with van der Waals surface area (Å²) in [6.07, 6.45) is -0.0574. The lowest BCUT2D eigenvalue weighted by atomic mass is 10.1. The summed E-state index contributed by atoms with van der Waals surface area (Å²) in [5.41, 5.74) is 0.665. The van der Waals surface area contributed by atoms with Crippen molar-refractivity contribution in [2.75, 3.05) is 0 Å². The van der Waals surface area contributed by atoms with Crippen LogP contribution in [0.5, 0.6) is 0 Å². The minimum Gasteiger partial charge on any atom is -0.274 e. The molecule has 0 radical (unpaired) electrons. The molecule has 2 aromatic rings. The van der Waals surface area contributed by atoms with Gasteiger partial charge >= 0.3 is 0 Å². The molecule has 0 fully saturated rings. The van der Waals surface area contributed by atoms with Crippen LogP contribution in [0.4, 0.5) is 0 Å². The minimum atomic E-state index is -3.92. The SMILES string of the molecule is O=C(Cc1ccc(Cl)cc1)NS(=O)(=O)c1ccsc1Cl. The van der Waals surface area contributed by atoms with Crippen LogP contribution in [-0.2, 0) is 21.2 Å². The molecule has 2 rings (SSSR count). The first-order valence-electron chi connectivity index (χ1n) is 5.41. The third-order valence-corrected chi connectivity index (χ3v) is 5.48. The molecule has 20 heavy (non-hydrogen) atoms. The van der Waals surface area contributed by atoms with Gasteiger partial charge < -0.3 is 0 Å². The van der Waals surface area contributed by atoms with Crippen molar-refractivity contribution < 1.29 is 13.2 Å². The third-order valence-electron chi connectivity index (χ3n) is 2.40. The Morgan fingerprint density at radius 1 is 1.15 bits per heavy atom. The van der Waals surface area contributed by atoms with Crippen LogP contribution in [0.15, 0.2) is 40.6 Å². The van der Waals surface area contributed by atoms with E-state index in [1.165, 1.54) is 6.07 Å². The molecule has 0 spiro atoms. The highest BCUT2D eigenvalue weighted by Gasteiger charge is 2.21. The molecule has 106 valence electrons. The summed E-state index contributed by atoms with van der Waals surface area (Å²) in [6, 6.07) is 7.94. The number of sulfonamides is 1. The van der Waals surface area contributed by atoms with Gasteiger partial charge in [-0.05, 0) is 29.1 Å². The van der Waals surface area contributed by atoms with Gasteiger partial charge in [-0.15, -0.1) is 11.3 Å². The number of rotatable bonds is 4. The van der Waals surface area contributed by atoms with Gasteiger partial charge in [-0.2, -0.15) is 0 Å². The largest absolute Gasteiger partial charge is 0.274 e. The zero-order valence-corrected chi connectivity index (χ0v) is 13.1. The molecule has 4 nitrogen and oxygen atoms in total. The average Bonchev–Trinajstić information content (AvgIpc) is 2.78. The lowest BCUT2D eigenvalue weighted by Crippen LogP contribution is -2.31. The van der Waals surface area contributed by atoms with Crippen LogP contribution in [-0.4, -0.2) is 14.3 Å². The highest BCUT2D eigenvalue weighted by Crippen LogP contribution is 2.26. The van der Waals surface area contributed by atoms with Gasteiger partial charge in [-0.25, -0.2) is 13.1 Å². The normalized spacial score (nSPS) is 11.3. The Kier molecular flexibility index (Phi) is 4.70. The van der Waals surface area contributed by atoms with Crippen molar-refractivity contribution in [3.8, 4) is 0 Å². The highest BCUT2D eigenvalue weighted by molar-refractivity contribution is 7.90. The van der Waals surface area contributed by atoms with Crippen molar-refractivity contribution >= 4 is 50.5 Å². The first-order valence-corrected chi connectivity index (χ1v) is 8.53. The van der Waals surface area contributed by atoms with E-state index in [4.69, 9.17) is 23.2 Å². The molecule has 0 saturated carbocycles. The molecule has 1 aromatic heterocycles. The van der Waals surface area contributed by atoms with Crippen LogP contribution < -0.4 is 4.72 Å². The fourth-order valence-electron chi connectivity index (χ4n) is 1.50. The van der Waals surface area contributed by atoms with Crippen molar-refractivity contribution in [3.63, 3.8) is 0 Å². The van der Waals surface area contributed by atoms with E-state index in [-0.39, 0.29) is 15.7 Å². The minimum absolute atomic E-state index is 0.0574. The van der Waals surface area contributed by atoms with E-state index < -0.39 is 15.9 Å². The van der Waals surface area contributed by atoms with Gasteiger partial charge in [0.25, 0.3) is 10.0 Å². The predicted molar refractivity (Wildman–Crippen MR) is 79.8 cm³/mol. The zero-order chi connectivity index (χ0) is 14.8. The standard InChI is InChI=1S/C12H9Cl2NO3S2/c13-9-3-1-8(2-4-9)7-11(16)15-20(17,18)10-5-6-19-12(10)14/h1-6H,7H2,(H,15,16). The molecule has 1 aromatic carbocycles. The van der Waals surface area contributed by atoms with Crippen molar-refractivity contribution in [1.29, 1.82) is 0 Å². The monoisotopic (exact) mass is 349 g/mol. The molecular weight excluding hydrogens is 341 g/mol. The lowest BCUT2D eigenvalue weighted by Gasteiger charge is -2.06. The molecule has 0 aliphatic heterocycles. The van der Waals surface area contributed by atoms with Crippen molar-refractivity contribution in [1.82, 2.24) is 4.72 Å². The number of halogens is 2. The van der Waals surface area contributed by atoms with Crippen molar-refractivity contribution in [2.24, 2.45) is 0 Å². The van der Waals surface area contributed by atoms with E-state index in [1.807, 2.05) is 4.72 Å². The lowest BCUT2D eigenvalue weighted by molar-refractivity contribution is -0.118. The van der Waals surface area contributed by atoms with E-state index in [1.54, 1.807) is 29.6 Å². The Bertz CT molecular complexity index is 723. The van der Waals surface area contributed by atoms with E-state index in [2.05, 4.69) is 0 Å². The first kappa shape index (κ1) is 15.3. The van der Waals surface area contributed by atoms with Gasteiger partial charge in [0.15, 0.2) is 0 Å². The summed E-state index contributed by atoms with van der Waals surface area (Å²) < 4.78 is 26.0. The molecule has 0 unspecified atom stereocenters. The molecule has 8 heteroatoms. The summed E-state index contributed by atoms with van der Waals surface area (Å²) in [6.45, 7) is 0. The number of nitrogens with one attached hydrogen (secondary N) is 1. The van der Waals surface area contributed by atoms with Gasteiger partial charge in [0.1, 0.15) is 9.23 Å². The fraction of sp³-hybridized carbons (Fsp3) is 0.0833. The maximum Gasteiger partial charge on any atom is 0.266 e.